The minimum atomic E-state index is 0.302. The molecule has 0 aromatic carbocycles. The van der Waals surface area contributed by atoms with E-state index in [1.165, 1.54) is 0 Å². The highest BCUT2D eigenvalue weighted by molar-refractivity contribution is 5.79. The second kappa shape index (κ2) is 11.9. The minimum absolute atomic E-state index is 0.302. The van der Waals surface area contributed by atoms with Crippen LogP contribution in [0.4, 0.5) is 0 Å². The van der Waals surface area contributed by atoms with Gasteiger partial charge in [0.05, 0.1) is 12.4 Å². The van der Waals surface area contributed by atoms with Gasteiger partial charge in [-0.1, -0.05) is 13.8 Å². The van der Waals surface area contributed by atoms with E-state index in [4.69, 9.17) is 4.74 Å². The van der Waals surface area contributed by atoms with Crippen LogP contribution in [-0.4, -0.2) is 47.9 Å². The molecule has 132 valence electrons. The molecule has 0 bridgehead atoms. The number of hydrogen-bond acceptors (Lipinski definition) is 3. The van der Waals surface area contributed by atoms with E-state index in [-0.39, 0.29) is 0 Å². The van der Waals surface area contributed by atoms with Gasteiger partial charge in [-0.3, -0.25) is 4.99 Å². The molecule has 0 amide bonds. The predicted molar refractivity (Wildman–Crippen MR) is 95.7 cm³/mol. The summed E-state index contributed by atoms with van der Waals surface area (Å²) in [6.45, 7) is 12.8. The van der Waals surface area contributed by atoms with E-state index in [0.29, 0.717) is 12.0 Å². The Morgan fingerprint density at radius 2 is 2.13 bits per heavy atom. The largest absolute Gasteiger partial charge is 0.378 e. The summed E-state index contributed by atoms with van der Waals surface area (Å²) >= 11 is 0. The fourth-order valence-corrected chi connectivity index (χ4v) is 2.36. The van der Waals surface area contributed by atoms with Gasteiger partial charge in [-0.05, 0) is 32.6 Å². The number of nitrogens with one attached hydrogen (secondary N) is 2. The van der Waals surface area contributed by atoms with Crippen molar-refractivity contribution in [1.29, 1.82) is 0 Å². The molecule has 1 unspecified atom stereocenters. The first kappa shape index (κ1) is 19.5. The smallest absolute Gasteiger partial charge is 0.191 e. The first-order valence-corrected chi connectivity index (χ1v) is 8.76. The van der Waals surface area contributed by atoms with Crippen LogP contribution in [0.5, 0.6) is 0 Å². The monoisotopic (exact) mass is 323 g/mol. The molecular formula is C17H33N5O. The van der Waals surface area contributed by atoms with Crippen molar-refractivity contribution in [1.82, 2.24) is 20.2 Å². The molecule has 1 atom stereocenters. The zero-order valence-electron chi connectivity index (χ0n) is 15.1. The Bertz CT molecular complexity index is 417. The lowest BCUT2D eigenvalue weighted by Crippen LogP contribution is -2.39. The Hall–Kier alpha value is -1.56. The highest BCUT2D eigenvalue weighted by Crippen LogP contribution is 2.09. The number of aromatic nitrogens is 2. The van der Waals surface area contributed by atoms with Crippen molar-refractivity contribution in [2.45, 2.75) is 53.2 Å². The normalized spacial score (nSPS) is 13.3. The van der Waals surface area contributed by atoms with E-state index >= 15 is 0 Å². The van der Waals surface area contributed by atoms with Gasteiger partial charge in [0.25, 0.3) is 0 Å². The molecule has 0 aliphatic rings. The Labute approximate surface area is 140 Å². The van der Waals surface area contributed by atoms with E-state index < -0.39 is 0 Å². The molecule has 0 spiro atoms. The maximum absolute atomic E-state index is 5.78. The number of imidazole rings is 1. The summed E-state index contributed by atoms with van der Waals surface area (Å²) in [5.74, 6) is 1.42. The summed E-state index contributed by atoms with van der Waals surface area (Å²) in [6.07, 6.45) is 7.92. The van der Waals surface area contributed by atoms with Crippen LogP contribution in [0.2, 0.25) is 0 Å². The van der Waals surface area contributed by atoms with Crippen LogP contribution in [0, 0.1) is 5.92 Å². The number of guanidine groups is 1. The van der Waals surface area contributed by atoms with Gasteiger partial charge in [-0.25, -0.2) is 4.98 Å². The Morgan fingerprint density at radius 1 is 1.30 bits per heavy atom. The summed E-state index contributed by atoms with van der Waals surface area (Å²) in [7, 11) is 0. The second-order valence-corrected chi connectivity index (χ2v) is 5.87. The maximum atomic E-state index is 5.78. The van der Waals surface area contributed by atoms with Crippen LogP contribution < -0.4 is 10.6 Å². The van der Waals surface area contributed by atoms with Crippen molar-refractivity contribution in [3.63, 3.8) is 0 Å². The van der Waals surface area contributed by atoms with E-state index in [9.17, 15) is 0 Å². The quantitative estimate of drug-likeness (QED) is 0.372. The van der Waals surface area contributed by atoms with Crippen molar-refractivity contribution >= 4 is 5.96 Å². The number of rotatable bonds is 11. The Morgan fingerprint density at radius 3 is 2.74 bits per heavy atom. The average Bonchev–Trinajstić information content (AvgIpc) is 3.03. The molecule has 0 aliphatic carbocycles. The summed E-state index contributed by atoms with van der Waals surface area (Å²) in [4.78, 5) is 8.66. The van der Waals surface area contributed by atoms with Crippen LogP contribution in [0.3, 0.4) is 0 Å². The molecule has 1 aromatic rings. The van der Waals surface area contributed by atoms with Crippen LogP contribution in [-0.2, 0) is 11.3 Å². The highest BCUT2D eigenvalue weighted by atomic mass is 16.5. The fraction of sp³-hybridized carbons (Fsp3) is 0.765. The van der Waals surface area contributed by atoms with E-state index in [1.54, 1.807) is 6.20 Å². The van der Waals surface area contributed by atoms with Crippen molar-refractivity contribution < 1.29 is 4.74 Å². The van der Waals surface area contributed by atoms with Gasteiger partial charge in [0.1, 0.15) is 0 Å². The Kier molecular flexibility index (Phi) is 10.1. The first-order valence-electron chi connectivity index (χ1n) is 8.76. The van der Waals surface area contributed by atoms with Gasteiger partial charge in [0.2, 0.25) is 0 Å². The number of aryl methyl sites for hydroxylation is 1. The highest BCUT2D eigenvalue weighted by Gasteiger charge is 2.12. The van der Waals surface area contributed by atoms with Crippen molar-refractivity contribution in [3.05, 3.63) is 18.7 Å². The van der Waals surface area contributed by atoms with Crippen LogP contribution in [0.1, 0.15) is 40.5 Å². The molecule has 2 N–H and O–H groups in total. The molecule has 1 heterocycles. The van der Waals surface area contributed by atoms with Crippen molar-refractivity contribution in [3.8, 4) is 0 Å². The third kappa shape index (κ3) is 8.59. The van der Waals surface area contributed by atoms with Gasteiger partial charge in [0, 0.05) is 45.2 Å². The lowest BCUT2D eigenvalue weighted by molar-refractivity contribution is 0.0258. The molecule has 0 saturated heterocycles. The standard InChI is InChI=1S/C17H33N5O/c1-5-19-17(20-9-7-12-22-13-11-18-14-22)21-10-8-16(15(3)4)23-6-2/h11,13-16H,5-10,12H2,1-4H3,(H2,19,20,21). The molecule has 6 heteroatoms. The van der Waals surface area contributed by atoms with Gasteiger partial charge in [-0.2, -0.15) is 0 Å². The van der Waals surface area contributed by atoms with E-state index in [2.05, 4.69) is 52.9 Å². The number of nitrogens with zero attached hydrogens (tertiary/aromatic N) is 3. The zero-order valence-corrected chi connectivity index (χ0v) is 15.1. The molecule has 0 fully saturated rings. The van der Waals surface area contributed by atoms with Gasteiger partial charge in [0.15, 0.2) is 5.96 Å². The summed E-state index contributed by atoms with van der Waals surface area (Å²) < 4.78 is 7.85. The molecule has 1 rings (SSSR count). The van der Waals surface area contributed by atoms with Crippen LogP contribution >= 0.6 is 0 Å². The first-order chi connectivity index (χ1) is 11.2. The third-order valence-corrected chi connectivity index (χ3v) is 3.59. The van der Waals surface area contributed by atoms with Gasteiger partial charge < -0.3 is 19.9 Å². The summed E-state index contributed by atoms with van der Waals surface area (Å²) in [5, 5.41) is 6.69. The number of ether oxygens (including phenoxy) is 1. The number of aliphatic imine (C=N–C) groups is 1. The van der Waals surface area contributed by atoms with Crippen molar-refractivity contribution in [2.24, 2.45) is 10.9 Å². The van der Waals surface area contributed by atoms with E-state index in [1.807, 2.05) is 12.5 Å². The predicted octanol–water partition coefficient (Wildman–Crippen LogP) is 2.28. The minimum Gasteiger partial charge on any atom is -0.378 e. The van der Waals surface area contributed by atoms with Gasteiger partial charge >= 0.3 is 0 Å². The molecular weight excluding hydrogens is 290 g/mol. The van der Waals surface area contributed by atoms with Crippen LogP contribution in [0.25, 0.3) is 0 Å². The fourth-order valence-electron chi connectivity index (χ4n) is 2.36. The van der Waals surface area contributed by atoms with Gasteiger partial charge in [-0.15, -0.1) is 0 Å². The molecule has 0 saturated carbocycles. The summed E-state index contributed by atoms with van der Waals surface area (Å²) in [6, 6.07) is 0. The number of hydrogen-bond donors (Lipinski definition) is 2. The molecule has 6 nitrogen and oxygen atoms in total. The molecule has 23 heavy (non-hydrogen) atoms. The average molecular weight is 323 g/mol. The van der Waals surface area contributed by atoms with Crippen molar-refractivity contribution in [2.75, 3.05) is 26.2 Å². The molecule has 0 radical (unpaired) electrons. The SMILES string of the molecule is CCNC(=NCCCn1ccnc1)NCCC(OCC)C(C)C. The molecule has 0 aliphatic heterocycles. The maximum Gasteiger partial charge on any atom is 0.191 e. The zero-order chi connectivity index (χ0) is 16.9. The Balaban J connectivity index is 2.30. The van der Waals surface area contributed by atoms with E-state index in [0.717, 1.165) is 51.6 Å². The second-order valence-electron chi connectivity index (χ2n) is 5.87. The molecule has 1 aromatic heterocycles. The lowest BCUT2D eigenvalue weighted by Gasteiger charge is -2.21. The topological polar surface area (TPSA) is 63.5 Å². The summed E-state index contributed by atoms with van der Waals surface area (Å²) in [5.41, 5.74) is 0. The third-order valence-electron chi connectivity index (χ3n) is 3.59. The van der Waals surface area contributed by atoms with Crippen LogP contribution in [0.15, 0.2) is 23.7 Å². The lowest BCUT2D eigenvalue weighted by atomic mass is 10.0.